The minimum atomic E-state index is 0.0465. The van der Waals surface area contributed by atoms with E-state index in [0.29, 0.717) is 6.42 Å². The van der Waals surface area contributed by atoms with Crippen molar-refractivity contribution in [1.29, 1.82) is 0 Å². The van der Waals surface area contributed by atoms with E-state index in [-0.39, 0.29) is 5.91 Å². The van der Waals surface area contributed by atoms with Crippen LogP contribution in [-0.2, 0) is 11.2 Å². The zero-order valence-corrected chi connectivity index (χ0v) is 13.8. The van der Waals surface area contributed by atoms with Gasteiger partial charge in [0.15, 0.2) is 0 Å². The van der Waals surface area contributed by atoms with Gasteiger partial charge in [0.25, 0.3) is 0 Å². The van der Waals surface area contributed by atoms with Crippen molar-refractivity contribution in [3.63, 3.8) is 0 Å². The minimum absolute atomic E-state index is 0.0465. The first-order valence-corrected chi connectivity index (χ1v) is 8.14. The second-order valence-electron chi connectivity index (χ2n) is 5.61. The normalized spacial score (nSPS) is 11.0. The monoisotopic (exact) mass is 313 g/mol. The standard InChI is InChI=1S/C17H19N3OS/c1-10-6-14-9-18-20-16(14)8-15(10)19-17(21)5-4-13-7-11(2)22-12(13)3/h6-9H,4-5H2,1-3H3,(H,18,20)(H,19,21). The minimum Gasteiger partial charge on any atom is -0.326 e. The zero-order chi connectivity index (χ0) is 15.7. The highest BCUT2D eigenvalue weighted by Gasteiger charge is 2.09. The van der Waals surface area contributed by atoms with Gasteiger partial charge in [-0.1, -0.05) is 0 Å². The van der Waals surface area contributed by atoms with E-state index in [1.54, 1.807) is 17.5 Å². The molecular weight excluding hydrogens is 294 g/mol. The number of nitrogens with zero attached hydrogens (tertiary/aromatic N) is 1. The summed E-state index contributed by atoms with van der Waals surface area (Å²) in [6.45, 7) is 6.21. The molecule has 0 aliphatic carbocycles. The maximum absolute atomic E-state index is 12.2. The number of thiophene rings is 1. The molecule has 2 N–H and O–H groups in total. The lowest BCUT2D eigenvalue weighted by Crippen LogP contribution is -2.13. The Bertz CT molecular complexity index is 832. The lowest BCUT2D eigenvalue weighted by atomic mass is 10.1. The molecular formula is C17H19N3OS. The third-order valence-electron chi connectivity index (χ3n) is 3.82. The van der Waals surface area contributed by atoms with Gasteiger partial charge in [-0.05, 0) is 56.5 Å². The number of carbonyl (C=O) groups is 1. The van der Waals surface area contributed by atoms with Crippen LogP contribution in [-0.4, -0.2) is 16.1 Å². The maximum atomic E-state index is 12.2. The average molecular weight is 313 g/mol. The topological polar surface area (TPSA) is 57.8 Å². The van der Waals surface area contributed by atoms with Crippen molar-refractivity contribution in [1.82, 2.24) is 10.2 Å². The van der Waals surface area contributed by atoms with Gasteiger partial charge in [-0.2, -0.15) is 5.10 Å². The highest BCUT2D eigenvalue weighted by molar-refractivity contribution is 7.12. The summed E-state index contributed by atoms with van der Waals surface area (Å²) in [5.74, 6) is 0.0465. The van der Waals surface area contributed by atoms with Crippen molar-refractivity contribution in [2.24, 2.45) is 0 Å². The summed E-state index contributed by atoms with van der Waals surface area (Å²) in [7, 11) is 0. The van der Waals surface area contributed by atoms with Crippen LogP contribution in [0.4, 0.5) is 5.69 Å². The fraction of sp³-hybridized carbons (Fsp3) is 0.294. The average Bonchev–Trinajstić information content (AvgIpc) is 3.02. The van der Waals surface area contributed by atoms with Gasteiger partial charge in [0.2, 0.25) is 5.91 Å². The van der Waals surface area contributed by atoms with E-state index in [9.17, 15) is 4.79 Å². The van der Waals surface area contributed by atoms with E-state index in [0.717, 1.165) is 28.6 Å². The molecule has 3 rings (SSSR count). The molecule has 5 heteroatoms. The number of amides is 1. The molecule has 0 atom stereocenters. The molecule has 2 aromatic heterocycles. The molecule has 4 nitrogen and oxygen atoms in total. The van der Waals surface area contributed by atoms with Gasteiger partial charge in [-0.3, -0.25) is 9.89 Å². The van der Waals surface area contributed by atoms with Crippen LogP contribution in [0.3, 0.4) is 0 Å². The molecule has 0 fully saturated rings. The summed E-state index contributed by atoms with van der Waals surface area (Å²) < 4.78 is 0. The van der Waals surface area contributed by atoms with E-state index in [1.165, 1.54) is 15.3 Å². The largest absolute Gasteiger partial charge is 0.326 e. The Balaban J connectivity index is 1.67. The number of hydrogen-bond acceptors (Lipinski definition) is 3. The van der Waals surface area contributed by atoms with Crippen LogP contribution in [0.2, 0.25) is 0 Å². The molecule has 1 aromatic carbocycles. The number of aryl methyl sites for hydroxylation is 4. The van der Waals surface area contributed by atoms with Crippen molar-refractivity contribution in [2.45, 2.75) is 33.6 Å². The molecule has 0 aliphatic rings. The molecule has 1 amide bonds. The number of hydrogen-bond donors (Lipinski definition) is 2. The van der Waals surface area contributed by atoms with Crippen LogP contribution in [0.25, 0.3) is 10.9 Å². The number of anilines is 1. The van der Waals surface area contributed by atoms with Crippen LogP contribution in [0.5, 0.6) is 0 Å². The second kappa shape index (κ2) is 5.93. The van der Waals surface area contributed by atoms with Crippen molar-refractivity contribution in [3.05, 3.63) is 45.3 Å². The third kappa shape index (κ3) is 3.04. The first kappa shape index (κ1) is 14.8. The van der Waals surface area contributed by atoms with Gasteiger partial charge < -0.3 is 5.32 Å². The molecule has 0 radical (unpaired) electrons. The van der Waals surface area contributed by atoms with E-state index < -0.39 is 0 Å². The zero-order valence-electron chi connectivity index (χ0n) is 13.0. The number of aromatic amines is 1. The van der Waals surface area contributed by atoms with Crippen LogP contribution >= 0.6 is 11.3 Å². The van der Waals surface area contributed by atoms with Crippen LogP contribution in [0.15, 0.2) is 24.4 Å². The molecule has 114 valence electrons. The van der Waals surface area contributed by atoms with E-state index in [2.05, 4.69) is 35.4 Å². The number of fused-ring (bicyclic) bond motifs is 1. The Morgan fingerprint density at radius 1 is 1.27 bits per heavy atom. The van der Waals surface area contributed by atoms with E-state index in [1.807, 2.05) is 19.1 Å². The number of H-pyrrole nitrogens is 1. The second-order valence-corrected chi connectivity index (χ2v) is 7.07. The fourth-order valence-electron chi connectivity index (χ4n) is 2.63. The Hall–Kier alpha value is -2.14. The van der Waals surface area contributed by atoms with Gasteiger partial charge in [-0.25, -0.2) is 0 Å². The first-order valence-electron chi connectivity index (χ1n) is 7.32. The number of aromatic nitrogens is 2. The SMILES string of the molecule is Cc1cc(CCC(=O)Nc2cc3[nH]ncc3cc2C)c(C)s1. The number of carbonyl (C=O) groups excluding carboxylic acids is 1. The van der Waals surface area contributed by atoms with Crippen molar-refractivity contribution in [3.8, 4) is 0 Å². The third-order valence-corrected chi connectivity index (χ3v) is 4.83. The predicted molar refractivity (Wildman–Crippen MR) is 91.6 cm³/mol. The molecule has 0 unspecified atom stereocenters. The molecule has 0 saturated carbocycles. The van der Waals surface area contributed by atoms with Gasteiger partial charge in [0, 0.05) is 27.2 Å². The van der Waals surface area contributed by atoms with Gasteiger partial charge in [0.1, 0.15) is 0 Å². The summed E-state index contributed by atoms with van der Waals surface area (Å²) in [5, 5.41) is 11.0. The van der Waals surface area contributed by atoms with Gasteiger partial charge in [0.05, 0.1) is 11.7 Å². The predicted octanol–water partition coefficient (Wildman–Crippen LogP) is 4.12. The van der Waals surface area contributed by atoms with Gasteiger partial charge in [-0.15, -0.1) is 11.3 Å². The molecule has 0 bridgehead atoms. The van der Waals surface area contributed by atoms with E-state index >= 15 is 0 Å². The molecule has 22 heavy (non-hydrogen) atoms. The van der Waals surface area contributed by atoms with Crippen LogP contribution < -0.4 is 5.32 Å². The summed E-state index contributed by atoms with van der Waals surface area (Å²) in [6.07, 6.45) is 3.07. The molecule has 0 saturated heterocycles. The van der Waals surface area contributed by atoms with Crippen molar-refractivity contribution < 1.29 is 4.79 Å². The molecule has 3 aromatic rings. The smallest absolute Gasteiger partial charge is 0.224 e. The summed E-state index contributed by atoms with van der Waals surface area (Å²) in [6, 6.07) is 6.14. The quantitative estimate of drug-likeness (QED) is 0.761. The van der Waals surface area contributed by atoms with Gasteiger partial charge >= 0.3 is 0 Å². The number of nitrogens with one attached hydrogen (secondary N) is 2. The first-order chi connectivity index (χ1) is 10.5. The Morgan fingerprint density at radius 2 is 2.09 bits per heavy atom. The highest BCUT2D eigenvalue weighted by Crippen LogP contribution is 2.24. The summed E-state index contributed by atoms with van der Waals surface area (Å²) in [5.41, 5.74) is 4.10. The molecule has 0 aliphatic heterocycles. The van der Waals surface area contributed by atoms with Crippen LogP contribution in [0.1, 0.15) is 27.3 Å². The summed E-state index contributed by atoms with van der Waals surface area (Å²) >= 11 is 1.79. The lowest BCUT2D eigenvalue weighted by molar-refractivity contribution is -0.116. The number of rotatable bonds is 4. The maximum Gasteiger partial charge on any atom is 0.224 e. The highest BCUT2D eigenvalue weighted by atomic mass is 32.1. The molecule has 2 heterocycles. The van der Waals surface area contributed by atoms with E-state index in [4.69, 9.17) is 0 Å². The van der Waals surface area contributed by atoms with Crippen molar-refractivity contribution >= 4 is 33.8 Å². The van der Waals surface area contributed by atoms with Crippen LogP contribution in [0, 0.1) is 20.8 Å². The Kier molecular flexibility index (Phi) is 3.98. The Labute approximate surface area is 133 Å². The van der Waals surface area contributed by atoms with Crippen molar-refractivity contribution in [2.75, 3.05) is 5.32 Å². The summed E-state index contributed by atoms with van der Waals surface area (Å²) in [4.78, 5) is 14.8. The lowest BCUT2D eigenvalue weighted by Gasteiger charge is -2.08. The Morgan fingerprint density at radius 3 is 2.82 bits per heavy atom. The number of benzene rings is 1. The molecule has 0 spiro atoms. The fourth-order valence-corrected chi connectivity index (χ4v) is 3.61.